The van der Waals surface area contributed by atoms with Crippen LogP contribution in [-0.2, 0) is 6.54 Å². The summed E-state index contributed by atoms with van der Waals surface area (Å²) in [6, 6.07) is 9.83. The molecule has 21 heavy (non-hydrogen) atoms. The summed E-state index contributed by atoms with van der Waals surface area (Å²) in [7, 11) is 0. The normalized spacial score (nSPS) is 12.4. The second-order valence-corrected chi connectivity index (χ2v) is 4.65. The molecule has 0 spiro atoms. The zero-order chi connectivity index (χ0) is 15.4. The van der Waals surface area contributed by atoms with Crippen molar-refractivity contribution in [1.29, 1.82) is 0 Å². The summed E-state index contributed by atoms with van der Waals surface area (Å²) in [4.78, 5) is 12.2. The van der Waals surface area contributed by atoms with E-state index in [1.807, 2.05) is 0 Å². The van der Waals surface area contributed by atoms with Crippen LogP contribution in [0, 0.1) is 0 Å². The molecular formula is C15H16F2N2O2. The number of aliphatic hydroxyl groups is 1. The van der Waals surface area contributed by atoms with Gasteiger partial charge in [0.1, 0.15) is 5.69 Å². The number of carbonyl (C=O) groups is 1. The first kappa shape index (κ1) is 15.2. The van der Waals surface area contributed by atoms with Gasteiger partial charge in [0, 0.05) is 17.4 Å². The van der Waals surface area contributed by atoms with Gasteiger partial charge in [-0.05, 0) is 25.1 Å². The van der Waals surface area contributed by atoms with Gasteiger partial charge in [0.2, 0.25) is 0 Å². The van der Waals surface area contributed by atoms with Crippen LogP contribution >= 0.6 is 0 Å². The molecule has 1 aromatic heterocycles. The lowest BCUT2D eigenvalue weighted by molar-refractivity contribution is 0.0997. The zero-order valence-corrected chi connectivity index (χ0v) is 11.5. The number of carbonyl (C=O) groups excluding carboxylic acids is 1. The van der Waals surface area contributed by atoms with Gasteiger partial charge in [0.15, 0.2) is 0 Å². The van der Waals surface area contributed by atoms with Crippen LogP contribution in [0.3, 0.4) is 0 Å². The molecule has 1 aromatic carbocycles. The molecule has 0 aliphatic carbocycles. The van der Waals surface area contributed by atoms with Gasteiger partial charge in [0.25, 0.3) is 12.3 Å². The highest BCUT2D eigenvalue weighted by atomic mass is 19.3. The molecule has 2 N–H and O–H groups in total. The minimum atomic E-state index is -2.53. The Hall–Kier alpha value is -2.21. The lowest BCUT2D eigenvalue weighted by Crippen LogP contribution is -2.19. The first-order valence-corrected chi connectivity index (χ1v) is 6.50. The third-order valence-corrected chi connectivity index (χ3v) is 3.06. The maximum absolute atomic E-state index is 12.5. The summed E-state index contributed by atoms with van der Waals surface area (Å²) in [6.07, 6.45) is -1.84. The Morgan fingerprint density at radius 3 is 2.67 bits per heavy atom. The Morgan fingerprint density at radius 2 is 2.00 bits per heavy atom. The van der Waals surface area contributed by atoms with Gasteiger partial charge in [-0.3, -0.25) is 4.79 Å². The highest BCUT2D eigenvalue weighted by molar-refractivity contribution is 6.03. The van der Waals surface area contributed by atoms with Crippen molar-refractivity contribution in [2.45, 2.75) is 26.0 Å². The van der Waals surface area contributed by atoms with E-state index in [9.17, 15) is 18.7 Å². The van der Waals surface area contributed by atoms with Crippen molar-refractivity contribution in [2.75, 3.05) is 5.32 Å². The number of alkyl halides is 2. The fraction of sp³-hybridized carbons (Fsp3) is 0.267. The van der Waals surface area contributed by atoms with Crippen molar-refractivity contribution >= 4 is 11.6 Å². The third-order valence-electron chi connectivity index (χ3n) is 3.06. The average Bonchev–Trinajstić information content (AvgIpc) is 2.86. The zero-order valence-electron chi connectivity index (χ0n) is 11.5. The molecule has 1 unspecified atom stereocenters. The van der Waals surface area contributed by atoms with Crippen molar-refractivity contribution in [2.24, 2.45) is 0 Å². The number of benzene rings is 1. The fourth-order valence-electron chi connectivity index (χ4n) is 2.09. The van der Waals surface area contributed by atoms with Gasteiger partial charge in [-0.25, -0.2) is 8.78 Å². The Morgan fingerprint density at radius 1 is 1.29 bits per heavy atom. The number of hydrogen-bond donors (Lipinski definition) is 2. The van der Waals surface area contributed by atoms with Crippen molar-refractivity contribution in [3.05, 3.63) is 53.9 Å². The molecule has 0 fully saturated rings. The molecule has 6 heteroatoms. The fourth-order valence-corrected chi connectivity index (χ4v) is 2.09. The van der Waals surface area contributed by atoms with Crippen LogP contribution in [0.4, 0.5) is 14.5 Å². The van der Waals surface area contributed by atoms with E-state index in [2.05, 4.69) is 5.32 Å². The summed E-state index contributed by atoms with van der Waals surface area (Å²) in [6.45, 7) is 1.05. The van der Waals surface area contributed by atoms with E-state index in [0.29, 0.717) is 11.3 Å². The number of nitrogens with zero attached hydrogens (tertiary/aromatic N) is 1. The Balaban J connectivity index is 2.21. The summed E-state index contributed by atoms with van der Waals surface area (Å²) >= 11 is 0. The maximum atomic E-state index is 12.5. The van der Waals surface area contributed by atoms with Crippen molar-refractivity contribution in [3.63, 3.8) is 0 Å². The predicted molar refractivity (Wildman–Crippen MR) is 75.5 cm³/mol. The van der Waals surface area contributed by atoms with Gasteiger partial charge in [-0.1, -0.05) is 18.2 Å². The number of anilines is 1. The van der Waals surface area contributed by atoms with E-state index < -0.39 is 25.0 Å². The molecule has 2 rings (SSSR count). The SMILES string of the molecule is CC(O)c1ccccc1NC(=O)c1cccn1CC(F)F. The average molecular weight is 294 g/mol. The number of nitrogens with one attached hydrogen (secondary N) is 1. The molecular weight excluding hydrogens is 278 g/mol. The van der Waals surface area contributed by atoms with Crippen LogP contribution in [0.25, 0.3) is 0 Å². The summed E-state index contributed by atoms with van der Waals surface area (Å²) in [5, 5.41) is 12.3. The van der Waals surface area contributed by atoms with E-state index in [1.54, 1.807) is 31.2 Å². The molecule has 0 radical (unpaired) electrons. The standard InChI is InChI=1S/C15H16F2N2O2/c1-10(20)11-5-2-3-6-12(11)18-15(21)13-7-4-8-19(13)9-14(16)17/h2-8,10,14,20H,9H2,1H3,(H,18,21). The van der Waals surface area contributed by atoms with Gasteiger partial charge < -0.3 is 15.0 Å². The van der Waals surface area contributed by atoms with Crippen LogP contribution in [0.5, 0.6) is 0 Å². The Bertz CT molecular complexity index is 624. The number of halogens is 2. The predicted octanol–water partition coefficient (Wildman–Crippen LogP) is 3.06. The molecule has 1 atom stereocenters. The molecule has 1 amide bonds. The number of amides is 1. The van der Waals surface area contributed by atoms with E-state index in [0.717, 1.165) is 0 Å². The minimum Gasteiger partial charge on any atom is -0.389 e. The second kappa shape index (κ2) is 6.49. The maximum Gasteiger partial charge on any atom is 0.272 e. The molecule has 0 saturated heterocycles. The van der Waals surface area contributed by atoms with E-state index >= 15 is 0 Å². The van der Waals surface area contributed by atoms with Crippen LogP contribution < -0.4 is 5.32 Å². The molecule has 0 aliphatic rings. The van der Waals surface area contributed by atoms with Crippen LogP contribution in [0.15, 0.2) is 42.6 Å². The molecule has 2 aromatic rings. The summed E-state index contributed by atoms with van der Waals surface area (Å²) in [5.41, 5.74) is 1.18. The first-order valence-electron chi connectivity index (χ1n) is 6.50. The van der Waals surface area contributed by atoms with E-state index in [4.69, 9.17) is 0 Å². The quantitative estimate of drug-likeness (QED) is 0.890. The van der Waals surface area contributed by atoms with E-state index in [-0.39, 0.29) is 5.69 Å². The van der Waals surface area contributed by atoms with Gasteiger partial charge in [0.05, 0.1) is 12.6 Å². The number of aliphatic hydroxyl groups excluding tert-OH is 1. The van der Waals surface area contributed by atoms with Crippen molar-refractivity contribution in [3.8, 4) is 0 Å². The highest BCUT2D eigenvalue weighted by Crippen LogP contribution is 2.23. The second-order valence-electron chi connectivity index (χ2n) is 4.65. The van der Waals surface area contributed by atoms with Crippen molar-refractivity contribution < 1.29 is 18.7 Å². The monoisotopic (exact) mass is 294 g/mol. The molecule has 112 valence electrons. The smallest absolute Gasteiger partial charge is 0.272 e. The van der Waals surface area contributed by atoms with Gasteiger partial charge in [-0.15, -0.1) is 0 Å². The first-order chi connectivity index (χ1) is 9.99. The lowest BCUT2D eigenvalue weighted by atomic mass is 10.1. The van der Waals surface area contributed by atoms with Gasteiger partial charge >= 0.3 is 0 Å². The third kappa shape index (κ3) is 3.66. The Kier molecular flexibility index (Phi) is 4.70. The largest absolute Gasteiger partial charge is 0.389 e. The van der Waals surface area contributed by atoms with Crippen molar-refractivity contribution in [1.82, 2.24) is 4.57 Å². The lowest BCUT2D eigenvalue weighted by Gasteiger charge is -2.14. The number of rotatable bonds is 5. The van der Waals surface area contributed by atoms with Crippen LogP contribution in [-0.4, -0.2) is 22.0 Å². The minimum absolute atomic E-state index is 0.149. The van der Waals surface area contributed by atoms with E-state index in [1.165, 1.54) is 22.9 Å². The Labute approximate surface area is 121 Å². The molecule has 1 heterocycles. The van der Waals surface area contributed by atoms with Gasteiger partial charge in [-0.2, -0.15) is 0 Å². The molecule has 0 saturated carbocycles. The number of hydrogen-bond acceptors (Lipinski definition) is 2. The molecule has 0 aliphatic heterocycles. The topological polar surface area (TPSA) is 54.3 Å². The summed E-state index contributed by atoms with van der Waals surface area (Å²) < 4.78 is 26.1. The molecule has 4 nitrogen and oxygen atoms in total. The highest BCUT2D eigenvalue weighted by Gasteiger charge is 2.16. The number of para-hydroxylation sites is 1. The molecule has 0 bridgehead atoms. The van der Waals surface area contributed by atoms with Crippen LogP contribution in [0.2, 0.25) is 0 Å². The van der Waals surface area contributed by atoms with Crippen LogP contribution in [0.1, 0.15) is 29.1 Å². The summed E-state index contributed by atoms with van der Waals surface area (Å²) in [5.74, 6) is -0.492. The number of aromatic nitrogens is 1.